The van der Waals surface area contributed by atoms with Crippen LogP contribution in [0.15, 0.2) is 6.20 Å². The Morgan fingerprint density at radius 2 is 1.76 bits per heavy atom. The summed E-state index contributed by atoms with van der Waals surface area (Å²) in [6, 6.07) is 0. The summed E-state index contributed by atoms with van der Waals surface area (Å²) in [7, 11) is 1.71. The predicted octanol–water partition coefficient (Wildman–Crippen LogP) is -1.41. The second kappa shape index (κ2) is 18.2. The van der Waals surface area contributed by atoms with Crippen molar-refractivity contribution in [3.63, 3.8) is 0 Å². The van der Waals surface area contributed by atoms with Gasteiger partial charge in [0.1, 0.15) is 7.05 Å². The molecule has 0 aliphatic rings. The molecule has 1 aromatic rings. The molecular formula is C13H22I3NO3Sn. The molecule has 0 fully saturated rings. The summed E-state index contributed by atoms with van der Waals surface area (Å²) in [5, 5.41) is 31.0. The van der Waals surface area contributed by atoms with Crippen LogP contribution in [-0.2, 0) is 20.3 Å². The zero-order valence-corrected chi connectivity index (χ0v) is 22.1. The number of aromatic nitrogens is 1. The van der Waals surface area contributed by atoms with E-state index in [0.29, 0.717) is 11.3 Å². The number of hydrogen-bond donors (Lipinski definition) is 1. The Labute approximate surface area is 178 Å². The molecular weight excluding hydrogens is 718 g/mol. The molecule has 0 aliphatic carbocycles. The molecule has 0 bridgehead atoms. The first-order valence-electron chi connectivity index (χ1n) is 6.25. The molecule has 8 heteroatoms. The van der Waals surface area contributed by atoms with Crippen LogP contribution in [0.2, 0.25) is 8.87 Å². The van der Waals surface area contributed by atoms with Gasteiger partial charge in [0, 0.05) is 49.7 Å². The zero-order valence-electron chi connectivity index (χ0n) is 12.8. The summed E-state index contributed by atoms with van der Waals surface area (Å²) < 4.78 is 4.65. The van der Waals surface area contributed by atoms with E-state index in [1.165, 1.54) is 8.87 Å². The first kappa shape index (κ1) is 27.7. The number of rotatable bonds is 4. The van der Waals surface area contributed by atoms with Crippen molar-refractivity contribution in [3.8, 4) is 5.75 Å². The fraction of sp³-hybridized carbons (Fsp3) is 0.615. The van der Waals surface area contributed by atoms with Gasteiger partial charge in [0.15, 0.2) is 11.9 Å². The summed E-state index contributed by atoms with van der Waals surface area (Å²) in [6.45, 7) is 5.39. The van der Waals surface area contributed by atoms with Crippen LogP contribution in [0, 0.1) is 6.92 Å². The van der Waals surface area contributed by atoms with Crippen molar-refractivity contribution in [2.24, 2.45) is 7.05 Å². The Kier molecular flexibility index (Phi) is 24.0. The fourth-order valence-electron chi connectivity index (χ4n) is 1.48. The van der Waals surface area contributed by atoms with Gasteiger partial charge in [-0.3, -0.25) is 0 Å². The van der Waals surface area contributed by atoms with Crippen LogP contribution < -0.4 is 38.8 Å². The maximum absolute atomic E-state index is 11.5. The molecule has 0 aromatic carbocycles. The third kappa shape index (κ3) is 11.1. The molecule has 0 atom stereocenters. The first-order valence-corrected chi connectivity index (χ1v) is 16.6. The third-order valence-electron chi connectivity index (χ3n) is 2.68. The number of nitrogens with zero attached hydrogens (tertiary/aromatic N) is 1. The molecule has 4 nitrogen and oxygen atoms in total. The summed E-state index contributed by atoms with van der Waals surface area (Å²) >= 11 is 4.46. The van der Waals surface area contributed by atoms with Crippen molar-refractivity contribution >= 4 is 58.4 Å². The van der Waals surface area contributed by atoms with Gasteiger partial charge in [-0.1, -0.05) is 5.56 Å². The molecule has 1 heterocycles. The maximum Gasteiger partial charge on any atom is 0.174 e. The normalized spacial score (nSPS) is 8.38. The number of aliphatic hydroxyl groups excluding tert-OH is 1. The molecule has 1 aromatic heterocycles. The van der Waals surface area contributed by atoms with Crippen LogP contribution in [0.4, 0.5) is 0 Å². The van der Waals surface area contributed by atoms with Crippen LogP contribution in [-0.4, -0.2) is 26.2 Å². The minimum atomic E-state index is -0.573. The molecule has 0 unspecified atom stereocenters. The van der Waals surface area contributed by atoms with Crippen LogP contribution in [0.25, 0.3) is 0 Å². The van der Waals surface area contributed by atoms with Gasteiger partial charge in [0.25, 0.3) is 0 Å². The molecule has 0 aliphatic heterocycles. The number of aryl methyl sites for hydroxylation is 1. The Morgan fingerprint density at radius 1 is 1.29 bits per heavy atom. The van der Waals surface area contributed by atoms with E-state index in [9.17, 15) is 10.2 Å². The monoisotopic (exact) mass is 741 g/mol. The quantitative estimate of drug-likeness (QED) is 0.235. The Balaban J connectivity index is -0.000000347. The molecule has 0 saturated heterocycles. The zero-order chi connectivity index (χ0) is 16.1. The topological polar surface area (TPSA) is 70.2 Å². The van der Waals surface area contributed by atoms with Crippen molar-refractivity contribution in [1.82, 2.24) is 0 Å². The second-order valence-corrected chi connectivity index (χ2v) is 9.38. The smallest absolute Gasteiger partial charge is 0.174 e. The van der Waals surface area contributed by atoms with Crippen molar-refractivity contribution in [3.05, 3.63) is 23.0 Å². The fourth-order valence-corrected chi connectivity index (χ4v) is 2.90. The Morgan fingerprint density at radius 3 is 2.05 bits per heavy atom. The summed E-state index contributed by atoms with van der Waals surface area (Å²) in [5.41, 5.74) is 1.12. The third-order valence-corrected chi connectivity index (χ3v) is 5.54. The van der Waals surface area contributed by atoms with Gasteiger partial charge in [0.2, 0.25) is 0 Å². The SMILES string of the molecule is C[CH2][Sn+2][CH2]C.Cc1c([O-])c(C[O-])c(CO)c[n+]1C.II.[I-]. The second-order valence-electron chi connectivity index (χ2n) is 3.92. The standard InChI is InChI=1S/C9H13NO3.2C2H5.I2.HI.Sn/c1-6-9(13)8(5-12)7(4-11)3-10(6)2;3*1-2;;/h3,11,13H,4-5H2,1-2H3;2*1H2,2H3;;1H;/q;;;;;+2/p-2. The van der Waals surface area contributed by atoms with Gasteiger partial charge >= 0.3 is 43.9 Å². The largest absolute Gasteiger partial charge is 1.00 e. The summed E-state index contributed by atoms with van der Waals surface area (Å²) in [5.74, 6) is -0.260. The van der Waals surface area contributed by atoms with Gasteiger partial charge < -0.3 is 39.3 Å². The van der Waals surface area contributed by atoms with Crippen molar-refractivity contribution in [2.75, 3.05) is 0 Å². The van der Waals surface area contributed by atoms with E-state index in [1.54, 1.807) is 24.7 Å². The van der Waals surface area contributed by atoms with Gasteiger partial charge in [-0.25, -0.2) is 4.57 Å². The van der Waals surface area contributed by atoms with Gasteiger partial charge in [0.05, 0.1) is 6.61 Å². The van der Waals surface area contributed by atoms with Crippen molar-refractivity contribution in [2.45, 2.75) is 42.9 Å². The number of pyridine rings is 1. The van der Waals surface area contributed by atoms with Gasteiger partial charge in [-0.05, 0) is 5.75 Å². The van der Waals surface area contributed by atoms with E-state index in [2.05, 4.69) is 51.1 Å². The maximum atomic E-state index is 11.5. The molecule has 0 spiro atoms. The number of halogens is 3. The molecule has 0 amide bonds. The van der Waals surface area contributed by atoms with E-state index >= 15 is 0 Å². The molecule has 21 heavy (non-hydrogen) atoms. The molecule has 1 N–H and O–H groups in total. The minimum Gasteiger partial charge on any atom is -1.00 e. The average molecular weight is 740 g/mol. The van der Waals surface area contributed by atoms with E-state index in [-0.39, 0.29) is 63.0 Å². The number of aliphatic hydroxyl groups is 1. The van der Waals surface area contributed by atoms with Crippen molar-refractivity contribution < 1.29 is 43.9 Å². The van der Waals surface area contributed by atoms with Crippen LogP contribution in [0.5, 0.6) is 5.75 Å². The predicted molar refractivity (Wildman–Crippen MR) is 96.2 cm³/mol. The number of hydrogen-bond acceptors (Lipinski definition) is 3. The summed E-state index contributed by atoms with van der Waals surface area (Å²) in [6.07, 6.45) is 1.62. The van der Waals surface area contributed by atoms with Gasteiger partial charge in [-0.15, -0.1) is 6.61 Å². The van der Waals surface area contributed by atoms with E-state index in [0.717, 1.165) is 0 Å². The van der Waals surface area contributed by atoms with E-state index in [4.69, 9.17) is 5.11 Å². The van der Waals surface area contributed by atoms with Gasteiger partial charge in [-0.2, -0.15) is 0 Å². The molecule has 0 radical (unpaired) electrons. The Hall–Kier alpha value is 1.86. The van der Waals surface area contributed by atoms with Crippen molar-refractivity contribution in [1.29, 1.82) is 0 Å². The molecule has 0 saturated carbocycles. The average Bonchev–Trinajstić information content (AvgIpc) is 2.48. The van der Waals surface area contributed by atoms with E-state index < -0.39 is 6.61 Å². The van der Waals surface area contributed by atoms with Crippen LogP contribution in [0.1, 0.15) is 30.7 Å². The Bertz CT molecular complexity index is 380. The molecule has 122 valence electrons. The summed E-state index contributed by atoms with van der Waals surface area (Å²) in [4.78, 5) is 0. The van der Waals surface area contributed by atoms with E-state index in [1.807, 2.05) is 0 Å². The van der Waals surface area contributed by atoms with Crippen LogP contribution >= 0.6 is 37.2 Å². The minimum absolute atomic E-state index is 0. The molecule has 1 rings (SSSR count). The first-order chi connectivity index (χ1) is 9.53. The van der Waals surface area contributed by atoms with Crippen LogP contribution in [0.3, 0.4) is 0 Å².